The van der Waals surface area contributed by atoms with Crippen molar-refractivity contribution in [2.24, 2.45) is 11.8 Å². The Morgan fingerprint density at radius 2 is 1.89 bits per heavy atom. The minimum atomic E-state index is -5.08. The van der Waals surface area contributed by atoms with Crippen LogP contribution in [0.25, 0.3) is 5.82 Å². The molecule has 2 aromatic rings. The van der Waals surface area contributed by atoms with E-state index in [1.54, 1.807) is 0 Å². The fourth-order valence-electron chi connectivity index (χ4n) is 5.13. The van der Waals surface area contributed by atoms with E-state index in [0.29, 0.717) is 5.91 Å². The Labute approximate surface area is 207 Å². The van der Waals surface area contributed by atoms with Gasteiger partial charge in [0.2, 0.25) is 5.91 Å². The zero-order valence-corrected chi connectivity index (χ0v) is 20.5. The van der Waals surface area contributed by atoms with E-state index >= 15 is 0 Å². The lowest BCUT2D eigenvalue weighted by Crippen LogP contribution is -2.47. The smallest absolute Gasteiger partial charge is 0.475 e. The van der Waals surface area contributed by atoms with Gasteiger partial charge in [0.1, 0.15) is 6.33 Å². The molecule has 3 aliphatic rings. The Hall–Kier alpha value is -3.11. The van der Waals surface area contributed by atoms with Gasteiger partial charge in [-0.15, -0.1) is 0 Å². The van der Waals surface area contributed by atoms with Crippen LogP contribution in [0.15, 0.2) is 24.7 Å². The highest BCUT2D eigenvalue weighted by Gasteiger charge is 2.45. The number of imidazole rings is 1. The molecule has 5 rings (SSSR count). The minimum Gasteiger partial charge on any atom is -0.475 e. The molecule has 11 heteroatoms. The van der Waals surface area contributed by atoms with Crippen molar-refractivity contribution >= 4 is 17.6 Å². The number of amides is 1. The fraction of sp³-hybridized carbons (Fsp3) is 0.600. The van der Waals surface area contributed by atoms with E-state index in [1.165, 1.54) is 18.5 Å². The molecule has 1 amide bonds. The predicted octanol–water partition coefficient (Wildman–Crippen LogP) is 4.67. The van der Waals surface area contributed by atoms with Crippen LogP contribution in [0, 0.1) is 18.8 Å². The zero-order chi connectivity index (χ0) is 26.1. The molecule has 2 aliphatic carbocycles. The number of alkyl halides is 3. The first kappa shape index (κ1) is 26.0. The van der Waals surface area contributed by atoms with Crippen LogP contribution in [0.3, 0.4) is 0 Å². The summed E-state index contributed by atoms with van der Waals surface area (Å²) in [6, 6.07) is 4.18. The number of aromatic nitrogens is 3. The third-order valence-electron chi connectivity index (χ3n) is 7.16. The van der Waals surface area contributed by atoms with Crippen molar-refractivity contribution in [3.63, 3.8) is 0 Å². The van der Waals surface area contributed by atoms with E-state index in [4.69, 9.17) is 14.9 Å². The quantitative estimate of drug-likeness (QED) is 0.610. The van der Waals surface area contributed by atoms with E-state index in [-0.39, 0.29) is 11.5 Å². The number of carbonyl (C=O) groups is 2. The van der Waals surface area contributed by atoms with Gasteiger partial charge >= 0.3 is 12.1 Å². The second kappa shape index (κ2) is 10.1. The largest absolute Gasteiger partial charge is 0.490 e. The van der Waals surface area contributed by atoms with Gasteiger partial charge in [-0.2, -0.15) is 13.2 Å². The number of anilines is 1. The minimum absolute atomic E-state index is 0.150. The summed E-state index contributed by atoms with van der Waals surface area (Å²) < 4.78 is 33.9. The van der Waals surface area contributed by atoms with E-state index in [1.807, 2.05) is 19.4 Å². The van der Waals surface area contributed by atoms with Gasteiger partial charge in [0.05, 0.1) is 23.1 Å². The number of aryl methyl sites for hydroxylation is 1. The highest BCUT2D eigenvalue weighted by atomic mass is 19.4. The number of hydrogen-bond donors (Lipinski definition) is 2. The van der Waals surface area contributed by atoms with Crippen molar-refractivity contribution in [3.05, 3.63) is 36.0 Å². The summed E-state index contributed by atoms with van der Waals surface area (Å²) in [5, 5.41) is 10.9. The van der Waals surface area contributed by atoms with E-state index in [9.17, 15) is 18.0 Å². The van der Waals surface area contributed by atoms with Crippen molar-refractivity contribution in [2.45, 2.75) is 70.5 Å². The second-order valence-electron chi connectivity index (χ2n) is 9.98. The van der Waals surface area contributed by atoms with E-state index in [0.717, 1.165) is 68.3 Å². The van der Waals surface area contributed by atoms with Crippen LogP contribution in [-0.4, -0.2) is 55.7 Å². The van der Waals surface area contributed by atoms with E-state index in [2.05, 4.69) is 38.8 Å². The van der Waals surface area contributed by atoms with Gasteiger partial charge in [0, 0.05) is 24.7 Å². The number of nitrogens with zero attached hydrogens (tertiary/aromatic N) is 4. The summed E-state index contributed by atoms with van der Waals surface area (Å²) in [6.07, 6.45) is 6.14. The van der Waals surface area contributed by atoms with Crippen LogP contribution < -0.4 is 5.32 Å². The molecule has 3 heterocycles. The molecule has 2 aromatic heterocycles. The van der Waals surface area contributed by atoms with Gasteiger partial charge in [-0.3, -0.25) is 9.36 Å². The Morgan fingerprint density at radius 3 is 2.47 bits per heavy atom. The molecule has 2 fully saturated rings. The normalized spacial score (nSPS) is 22.5. The molecule has 0 radical (unpaired) electrons. The summed E-state index contributed by atoms with van der Waals surface area (Å²) in [6.45, 7) is 6.06. The summed E-state index contributed by atoms with van der Waals surface area (Å²) in [4.78, 5) is 33.4. The first-order valence-electron chi connectivity index (χ1n) is 12.4. The number of rotatable bonds is 5. The summed E-state index contributed by atoms with van der Waals surface area (Å²) in [7, 11) is 0. The van der Waals surface area contributed by atoms with Crippen LogP contribution in [-0.2, 0) is 15.1 Å². The Balaban J connectivity index is 0.000000384. The number of carboxylic acids is 1. The molecule has 2 N–H and O–H groups in total. The number of hydrogen-bond acceptors (Lipinski definition) is 5. The molecule has 0 bridgehead atoms. The molecule has 1 spiro atoms. The molecule has 0 atom stereocenters. The highest BCUT2D eigenvalue weighted by Crippen LogP contribution is 2.46. The third-order valence-corrected chi connectivity index (χ3v) is 7.16. The topological polar surface area (TPSA) is 100 Å². The molecule has 0 aromatic carbocycles. The fourth-order valence-corrected chi connectivity index (χ4v) is 5.13. The summed E-state index contributed by atoms with van der Waals surface area (Å²) >= 11 is 0. The van der Waals surface area contributed by atoms with Crippen molar-refractivity contribution < 1.29 is 27.9 Å². The molecular formula is C25H32F3N5O3. The van der Waals surface area contributed by atoms with Crippen LogP contribution in [0.2, 0.25) is 0 Å². The highest BCUT2D eigenvalue weighted by molar-refractivity contribution is 5.79. The Kier molecular flexibility index (Phi) is 7.28. The lowest BCUT2D eigenvalue weighted by Gasteiger charge is -2.44. The number of carbonyl (C=O) groups excluding carboxylic acids is 1. The number of nitrogens with one attached hydrogen (secondary N) is 1. The van der Waals surface area contributed by atoms with Gasteiger partial charge in [-0.05, 0) is 69.9 Å². The second-order valence-corrected chi connectivity index (χ2v) is 9.98. The zero-order valence-electron chi connectivity index (χ0n) is 20.5. The molecule has 0 saturated heterocycles. The average molecular weight is 508 g/mol. The molecule has 1 aliphatic heterocycles. The maximum atomic E-state index is 13.2. The van der Waals surface area contributed by atoms with Gasteiger partial charge in [-0.1, -0.05) is 6.92 Å². The van der Waals surface area contributed by atoms with Crippen LogP contribution in [0.4, 0.5) is 18.9 Å². The van der Waals surface area contributed by atoms with Crippen molar-refractivity contribution in [3.8, 4) is 5.82 Å². The Morgan fingerprint density at radius 1 is 1.22 bits per heavy atom. The Bertz CT molecular complexity index is 1100. The average Bonchev–Trinajstić information content (AvgIpc) is 3.50. The maximum Gasteiger partial charge on any atom is 0.490 e. The maximum absolute atomic E-state index is 13.2. The van der Waals surface area contributed by atoms with Gasteiger partial charge in [-0.25, -0.2) is 14.8 Å². The number of aliphatic carboxylic acids is 1. The standard InChI is InChI=1S/C23H31N5O.C2HF3O2/c1-3-12-27(14-17-5-6-17)22(29)18-8-10-23(11-9-18)20-13-24-15-28(20)21-19(26-23)7-4-16(2)25-21;3-2(4,5)1(6)7/h4,7,13,15,17-18,26H,3,5-6,8-12,14H2,1-2H3;(H,6,7). The number of fused-ring (bicyclic) bond motifs is 4. The molecule has 0 unspecified atom stereocenters. The lowest BCUT2D eigenvalue weighted by molar-refractivity contribution is -0.192. The molecule has 36 heavy (non-hydrogen) atoms. The van der Waals surface area contributed by atoms with Crippen molar-refractivity contribution in [2.75, 3.05) is 18.4 Å². The molecule has 2 saturated carbocycles. The molecule has 196 valence electrons. The third kappa shape index (κ3) is 5.49. The van der Waals surface area contributed by atoms with Crippen LogP contribution in [0.1, 0.15) is 63.3 Å². The predicted molar refractivity (Wildman–Crippen MR) is 127 cm³/mol. The monoisotopic (exact) mass is 507 g/mol. The van der Waals surface area contributed by atoms with Gasteiger partial charge in [0.25, 0.3) is 0 Å². The van der Waals surface area contributed by atoms with Gasteiger partial charge < -0.3 is 15.3 Å². The molecular weight excluding hydrogens is 475 g/mol. The molecule has 8 nitrogen and oxygen atoms in total. The summed E-state index contributed by atoms with van der Waals surface area (Å²) in [5.74, 6) is -0.535. The first-order valence-corrected chi connectivity index (χ1v) is 12.4. The van der Waals surface area contributed by atoms with Crippen molar-refractivity contribution in [1.29, 1.82) is 0 Å². The lowest BCUT2D eigenvalue weighted by atomic mass is 9.73. The first-order chi connectivity index (χ1) is 17.0. The van der Waals surface area contributed by atoms with Crippen molar-refractivity contribution in [1.82, 2.24) is 19.4 Å². The number of carboxylic acid groups (broad SMARTS) is 1. The summed E-state index contributed by atoms with van der Waals surface area (Å²) in [5.41, 5.74) is 3.09. The van der Waals surface area contributed by atoms with E-state index < -0.39 is 12.1 Å². The number of pyridine rings is 1. The SMILES string of the molecule is CCCN(CC1CC1)C(=O)C1CCC2(CC1)Nc1ccc(C)nc1-n1cncc12.O=C(O)C(F)(F)F. The number of halogens is 3. The van der Waals surface area contributed by atoms with Crippen LogP contribution >= 0.6 is 0 Å². The van der Waals surface area contributed by atoms with Crippen LogP contribution in [0.5, 0.6) is 0 Å². The van der Waals surface area contributed by atoms with Gasteiger partial charge in [0.15, 0.2) is 5.82 Å².